The fourth-order valence-corrected chi connectivity index (χ4v) is 1.23. The molecular formula is C10H16N2O6. The minimum atomic E-state index is -1.50. The van der Waals surface area contributed by atoms with Crippen molar-refractivity contribution in [1.82, 2.24) is 5.32 Å². The molecule has 0 aliphatic rings. The van der Waals surface area contributed by atoms with Crippen molar-refractivity contribution in [2.24, 2.45) is 5.73 Å². The number of rotatable bonds is 10. The summed E-state index contributed by atoms with van der Waals surface area (Å²) in [5.41, 5.74) is 4.90. The van der Waals surface area contributed by atoms with E-state index in [4.69, 9.17) is 15.9 Å². The molecule has 0 aliphatic carbocycles. The third-order valence-electron chi connectivity index (χ3n) is 2.19. The first-order valence-electron chi connectivity index (χ1n) is 5.35. The van der Waals surface area contributed by atoms with Crippen molar-refractivity contribution >= 4 is 23.6 Å². The fourth-order valence-electron chi connectivity index (χ4n) is 1.23. The Morgan fingerprint density at radius 1 is 1.11 bits per heavy atom. The van der Waals surface area contributed by atoms with Gasteiger partial charge in [0, 0.05) is 12.8 Å². The van der Waals surface area contributed by atoms with Crippen molar-refractivity contribution in [2.75, 3.05) is 6.54 Å². The van der Waals surface area contributed by atoms with Crippen LogP contribution < -0.4 is 11.1 Å². The Balaban J connectivity index is 3.91. The second-order valence-corrected chi connectivity index (χ2v) is 3.68. The summed E-state index contributed by atoms with van der Waals surface area (Å²) in [5, 5.41) is 19.7. The highest BCUT2D eigenvalue weighted by atomic mass is 16.4. The van der Waals surface area contributed by atoms with Gasteiger partial charge >= 0.3 is 11.9 Å². The third kappa shape index (κ3) is 7.34. The zero-order valence-electron chi connectivity index (χ0n) is 9.72. The molecule has 0 saturated heterocycles. The van der Waals surface area contributed by atoms with Gasteiger partial charge in [0.1, 0.15) is 6.04 Å². The first-order valence-corrected chi connectivity index (χ1v) is 5.35. The molecule has 0 aromatic heterocycles. The van der Waals surface area contributed by atoms with Crippen molar-refractivity contribution < 1.29 is 29.4 Å². The number of ketones is 1. The molecule has 1 amide bonds. The lowest BCUT2D eigenvalue weighted by Gasteiger charge is -2.12. The SMILES string of the molecule is NC(=O)CC[C@H](NCCCC(=O)C(=O)O)C(=O)O. The summed E-state index contributed by atoms with van der Waals surface area (Å²) in [6.45, 7) is 0.175. The van der Waals surface area contributed by atoms with Crippen LogP contribution in [0, 0.1) is 0 Å². The van der Waals surface area contributed by atoms with Gasteiger partial charge in [-0.15, -0.1) is 0 Å². The maximum atomic E-state index is 10.8. The van der Waals surface area contributed by atoms with Gasteiger partial charge in [0.05, 0.1) is 0 Å². The van der Waals surface area contributed by atoms with Crippen molar-refractivity contribution in [3.63, 3.8) is 0 Å². The van der Waals surface area contributed by atoms with Crippen LogP contribution in [-0.4, -0.2) is 46.4 Å². The Bertz CT molecular complexity index is 341. The highest BCUT2D eigenvalue weighted by Crippen LogP contribution is 1.98. The summed E-state index contributed by atoms with van der Waals surface area (Å²) in [5.74, 6) is -4.13. The number of nitrogens with two attached hydrogens (primary N) is 1. The zero-order chi connectivity index (χ0) is 14.1. The van der Waals surface area contributed by atoms with E-state index in [9.17, 15) is 19.2 Å². The summed E-state index contributed by atoms with van der Waals surface area (Å²) >= 11 is 0. The molecular weight excluding hydrogens is 244 g/mol. The van der Waals surface area contributed by atoms with Gasteiger partial charge < -0.3 is 21.3 Å². The smallest absolute Gasteiger partial charge is 0.372 e. The van der Waals surface area contributed by atoms with Crippen molar-refractivity contribution in [1.29, 1.82) is 0 Å². The van der Waals surface area contributed by atoms with Crippen LogP contribution in [0.1, 0.15) is 25.7 Å². The maximum absolute atomic E-state index is 10.8. The monoisotopic (exact) mass is 260 g/mol. The van der Waals surface area contributed by atoms with Crippen LogP contribution in [-0.2, 0) is 19.2 Å². The number of aliphatic carboxylic acids is 2. The molecule has 0 saturated carbocycles. The lowest BCUT2D eigenvalue weighted by molar-refractivity contribution is -0.149. The van der Waals surface area contributed by atoms with Gasteiger partial charge in [0.2, 0.25) is 11.7 Å². The highest BCUT2D eigenvalue weighted by Gasteiger charge is 2.17. The van der Waals surface area contributed by atoms with Crippen LogP contribution >= 0.6 is 0 Å². The molecule has 0 spiro atoms. The molecule has 8 heteroatoms. The molecule has 18 heavy (non-hydrogen) atoms. The minimum absolute atomic E-state index is 0.0531. The lowest BCUT2D eigenvalue weighted by atomic mass is 10.1. The normalized spacial score (nSPS) is 11.8. The molecule has 0 heterocycles. The standard InChI is InChI=1S/C10H16N2O6/c11-8(14)4-3-6(9(15)16)12-5-1-2-7(13)10(17)18/h6,12H,1-5H2,(H2,11,14)(H,15,16)(H,17,18)/t6-/m0/s1. The molecule has 0 aromatic carbocycles. The van der Waals surface area contributed by atoms with Crippen LogP contribution in [0.5, 0.6) is 0 Å². The first-order chi connectivity index (χ1) is 8.34. The Kier molecular flexibility index (Phi) is 7.29. The van der Waals surface area contributed by atoms with E-state index in [0.29, 0.717) is 0 Å². The van der Waals surface area contributed by atoms with Crippen LogP contribution in [0.3, 0.4) is 0 Å². The topological polar surface area (TPSA) is 147 Å². The van der Waals surface area contributed by atoms with E-state index in [0.717, 1.165) is 0 Å². The molecule has 0 rings (SSSR count). The van der Waals surface area contributed by atoms with E-state index in [1.54, 1.807) is 0 Å². The molecule has 102 valence electrons. The third-order valence-corrected chi connectivity index (χ3v) is 2.19. The Morgan fingerprint density at radius 2 is 1.72 bits per heavy atom. The van der Waals surface area contributed by atoms with E-state index in [1.165, 1.54) is 0 Å². The molecule has 8 nitrogen and oxygen atoms in total. The van der Waals surface area contributed by atoms with E-state index >= 15 is 0 Å². The van der Waals surface area contributed by atoms with Gasteiger partial charge in [-0.1, -0.05) is 0 Å². The zero-order valence-corrected chi connectivity index (χ0v) is 9.72. The molecule has 0 unspecified atom stereocenters. The van der Waals surface area contributed by atoms with Gasteiger partial charge in [-0.2, -0.15) is 0 Å². The number of hydrogen-bond donors (Lipinski definition) is 4. The van der Waals surface area contributed by atoms with E-state index in [1.807, 2.05) is 0 Å². The summed E-state index contributed by atoms with van der Waals surface area (Å²) in [7, 11) is 0. The summed E-state index contributed by atoms with van der Waals surface area (Å²) in [6, 6.07) is -0.933. The van der Waals surface area contributed by atoms with Crippen molar-refractivity contribution in [3.05, 3.63) is 0 Å². The number of hydrogen-bond acceptors (Lipinski definition) is 5. The largest absolute Gasteiger partial charge is 0.480 e. The molecule has 5 N–H and O–H groups in total. The van der Waals surface area contributed by atoms with E-state index < -0.39 is 29.7 Å². The van der Waals surface area contributed by atoms with Gasteiger partial charge in [0.15, 0.2) is 0 Å². The highest BCUT2D eigenvalue weighted by molar-refractivity contribution is 6.32. The van der Waals surface area contributed by atoms with Crippen LogP contribution in [0.15, 0.2) is 0 Å². The number of carbonyl (C=O) groups excluding carboxylic acids is 2. The number of Topliss-reactive ketones (excluding diaryl/α,β-unsaturated/α-hetero) is 1. The Labute approximate surface area is 103 Å². The maximum Gasteiger partial charge on any atom is 0.372 e. The molecule has 0 radical (unpaired) electrons. The first kappa shape index (κ1) is 16.0. The van der Waals surface area contributed by atoms with Crippen LogP contribution in [0.2, 0.25) is 0 Å². The number of carboxylic acids is 2. The second-order valence-electron chi connectivity index (χ2n) is 3.68. The van der Waals surface area contributed by atoms with Crippen molar-refractivity contribution in [3.8, 4) is 0 Å². The van der Waals surface area contributed by atoms with Crippen LogP contribution in [0.4, 0.5) is 0 Å². The predicted octanol–water partition coefficient (Wildman–Crippen LogP) is -1.27. The number of carboxylic acid groups (broad SMARTS) is 2. The average Bonchev–Trinajstić information content (AvgIpc) is 2.26. The van der Waals surface area contributed by atoms with E-state index in [-0.39, 0.29) is 32.2 Å². The molecule has 0 aromatic rings. The molecule has 0 aliphatic heterocycles. The number of nitrogens with one attached hydrogen (secondary N) is 1. The lowest BCUT2D eigenvalue weighted by Crippen LogP contribution is -2.38. The Morgan fingerprint density at radius 3 is 2.17 bits per heavy atom. The second kappa shape index (κ2) is 8.18. The van der Waals surface area contributed by atoms with Gasteiger partial charge in [-0.25, -0.2) is 4.79 Å². The number of amides is 1. The van der Waals surface area contributed by atoms with Gasteiger partial charge in [0.25, 0.3) is 0 Å². The summed E-state index contributed by atoms with van der Waals surface area (Å²) in [6.07, 6.45) is 0.0472. The molecule has 0 bridgehead atoms. The quantitative estimate of drug-likeness (QED) is 0.283. The summed E-state index contributed by atoms with van der Waals surface area (Å²) in [4.78, 5) is 42.2. The molecule has 1 atom stereocenters. The minimum Gasteiger partial charge on any atom is -0.480 e. The molecule has 0 fully saturated rings. The number of carbonyl (C=O) groups is 4. The van der Waals surface area contributed by atoms with Crippen molar-refractivity contribution in [2.45, 2.75) is 31.7 Å². The van der Waals surface area contributed by atoms with Gasteiger partial charge in [-0.3, -0.25) is 14.4 Å². The average molecular weight is 260 g/mol. The summed E-state index contributed by atoms with van der Waals surface area (Å²) < 4.78 is 0. The van der Waals surface area contributed by atoms with Gasteiger partial charge in [-0.05, 0) is 19.4 Å². The predicted molar refractivity (Wildman–Crippen MR) is 59.7 cm³/mol. The van der Waals surface area contributed by atoms with Crippen LogP contribution in [0.25, 0.3) is 0 Å². The fraction of sp³-hybridized carbons (Fsp3) is 0.600. The Hall–Kier alpha value is -1.96. The number of primary amides is 1. The van der Waals surface area contributed by atoms with E-state index in [2.05, 4.69) is 5.32 Å².